The highest BCUT2D eigenvalue weighted by Crippen LogP contribution is 2.32. The zero-order valence-corrected chi connectivity index (χ0v) is 29.7. The molecule has 0 spiro atoms. The number of rotatable bonds is 11. The molecule has 48 heavy (non-hydrogen) atoms. The summed E-state index contributed by atoms with van der Waals surface area (Å²) < 4.78 is 32.0. The topological polar surface area (TPSA) is 120 Å². The molecule has 2 N–H and O–H groups in total. The molecule has 1 saturated carbocycles. The molecule has 0 atom stereocenters. The van der Waals surface area contributed by atoms with Gasteiger partial charge in [0.15, 0.2) is 0 Å². The molecule has 2 aliphatic heterocycles. The molecule has 2 saturated heterocycles. The fourth-order valence-corrected chi connectivity index (χ4v) is 8.11. The lowest BCUT2D eigenvalue weighted by atomic mass is 9.86. The van der Waals surface area contributed by atoms with Gasteiger partial charge in [-0.3, -0.25) is 14.6 Å². The van der Waals surface area contributed by atoms with Gasteiger partial charge in [-0.1, -0.05) is 23.2 Å². The van der Waals surface area contributed by atoms with Crippen LogP contribution in [0.4, 0.5) is 5.82 Å². The molecule has 3 aromatic rings. The van der Waals surface area contributed by atoms with E-state index in [9.17, 15) is 13.2 Å². The van der Waals surface area contributed by atoms with Crippen LogP contribution in [0.5, 0.6) is 11.6 Å². The number of carbonyl (C=O) groups excluding carboxylic acids is 1. The number of aromatic nitrogens is 2. The summed E-state index contributed by atoms with van der Waals surface area (Å²) in [5.74, 6) is 2.46. The smallest absolute Gasteiger partial charge is 0.220 e. The summed E-state index contributed by atoms with van der Waals surface area (Å²) in [6.07, 6.45) is 6.73. The van der Waals surface area contributed by atoms with E-state index in [-0.39, 0.29) is 11.9 Å². The van der Waals surface area contributed by atoms with Crippen molar-refractivity contribution in [1.29, 1.82) is 0 Å². The number of nitrogens with one attached hydrogen (secondary N) is 2. The zero-order chi connectivity index (χ0) is 33.8. The summed E-state index contributed by atoms with van der Waals surface area (Å²) in [6.45, 7) is 8.46. The normalized spacial score (nSPS) is 21.1. The Morgan fingerprint density at radius 2 is 1.69 bits per heavy atom. The molecule has 258 valence electrons. The fourth-order valence-electron chi connectivity index (χ4n) is 6.79. The van der Waals surface area contributed by atoms with Crippen molar-refractivity contribution in [3.8, 4) is 22.9 Å². The van der Waals surface area contributed by atoms with Gasteiger partial charge in [0.25, 0.3) is 0 Å². The highest BCUT2D eigenvalue weighted by molar-refractivity contribution is 7.88. The monoisotopic (exact) mass is 715 g/mol. The second-order valence-corrected chi connectivity index (χ2v) is 15.9. The molecule has 1 amide bonds. The molecule has 2 aromatic heterocycles. The Hall–Kier alpha value is -3.00. The Bertz CT molecular complexity index is 1670. The third-order valence-corrected chi connectivity index (χ3v) is 10.6. The standard InChI is InChI=1S/C34H43Cl2N7O4S/c1-23(44)37-20-24-5-7-41(8-6-24)22-25-13-32(26-15-27(35)17-28(36)16-26)39-34(14-25)47-31-3-4-33(38-21-31)43-11-9-42(10-12-43)30-18-29(19-30)40-48(2,45)46/h3-4,13-17,21,24,29-30,40H,5-12,18-20,22H2,1-2H3,(H,37,44)/t29-,30+. The lowest BCUT2D eigenvalue weighted by molar-refractivity contribution is -0.119. The van der Waals surface area contributed by atoms with Crippen LogP contribution in [0, 0.1) is 5.92 Å². The number of carbonyl (C=O) groups is 1. The van der Waals surface area contributed by atoms with Gasteiger partial charge >= 0.3 is 0 Å². The first-order valence-electron chi connectivity index (χ1n) is 16.5. The molecular formula is C34H43Cl2N7O4S. The van der Waals surface area contributed by atoms with E-state index in [2.05, 4.69) is 30.8 Å². The number of hydrogen-bond donors (Lipinski definition) is 2. The number of benzene rings is 1. The van der Waals surface area contributed by atoms with E-state index in [1.807, 2.05) is 30.3 Å². The van der Waals surface area contributed by atoms with Crippen molar-refractivity contribution < 1.29 is 17.9 Å². The number of likely N-dealkylation sites (tertiary alicyclic amines) is 1. The summed E-state index contributed by atoms with van der Waals surface area (Å²) in [5.41, 5.74) is 2.60. The fraction of sp³-hybridized carbons (Fsp3) is 0.500. The number of piperazine rings is 1. The van der Waals surface area contributed by atoms with Crippen LogP contribution in [0.2, 0.25) is 10.0 Å². The maximum Gasteiger partial charge on any atom is 0.220 e. The molecule has 3 fully saturated rings. The van der Waals surface area contributed by atoms with Crippen LogP contribution in [0.1, 0.15) is 38.2 Å². The molecule has 11 nitrogen and oxygen atoms in total. The number of sulfonamides is 1. The van der Waals surface area contributed by atoms with Gasteiger partial charge in [-0.2, -0.15) is 0 Å². The summed E-state index contributed by atoms with van der Waals surface area (Å²) in [7, 11) is -3.16. The Morgan fingerprint density at radius 3 is 2.31 bits per heavy atom. The van der Waals surface area contributed by atoms with Crippen molar-refractivity contribution in [3.63, 3.8) is 0 Å². The lowest BCUT2D eigenvalue weighted by Gasteiger charge is -2.46. The van der Waals surface area contributed by atoms with Crippen molar-refractivity contribution in [1.82, 2.24) is 29.8 Å². The van der Waals surface area contributed by atoms with Crippen molar-refractivity contribution in [3.05, 3.63) is 64.3 Å². The number of piperidine rings is 1. The third-order valence-electron chi connectivity index (χ3n) is 9.36. The first kappa shape index (κ1) is 34.8. The van der Waals surface area contributed by atoms with Gasteiger partial charge in [-0.05, 0) is 86.7 Å². The Kier molecular flexibility index (Phi) is 11.1. The van der Waals surface area contributed by atoms with Crippen LogP contribution in [0.25, 0.3) is 11.3 Å². The summed E-state index contributed by atoms with van der Waals surface area (Å²) in [5, 5.41) is 4.03. The number of amides is 1. The first-order chi connectivity index (χ1) is 23.0. The molecule has 0 unspecified atom stereocenters. The van der Waals surface area contributed by atoms with Gasteiger partial charge in [-0.25, -0.2) is 23.1 Å². The maximum atomic E-state index is 11.5. The lowest BCUT2D eigenvalue weighted by Crippen LogP contribution is -2.58. The Morgan fingerprint density at radius 1 is 0.979 bits per heavy atom. The second kappa shape index (κ2) is 15.3. The summed E-state index contributed by atoms with van der Waals surface area (Å²) in [6, 6.07) is 13.8. The van der Waals surface area contributed by atoms with Gasteiger partial charge in [0, 0.05) is 80.0 Å². The molecular weight excluding hydrogens is 673 g/mol. The van der Waals surface area contributed by atoms with Crippen molar-refractivity contribution >= 4 is 45.0 Å². The maximum absolute atomic E-state index is 11.5. The number of hydrogen-bond acceptors (Lipinski definition) is 9. The van der Waals surface area contributed by atoms with Gasteiger partial charge in [0.05, 0.1) is 18.1 Å². The predicted octanol–water partition coefficient (Wildman–Crippen LogP) is 4.79. The third kappa shape index (κ3) is 9.58. The highest BCUT2D eigenvalue weighted by Gasteiger charge is 2.36. The van der Waals surface area contributed by atoms with E-state index in [0.29, 0.717) is 33.6 Å². The highest BCUT2D eigenvalue weighted by atomic mass is 35.5. The van der Waals surface area contributed by atoms with Crippen LogP contribution in [-0.4, -0.2) is 98.2 Å². The molecule has 4 heterocycles. The minimum absolute atomic E-state index is 0.0183. The number of anilines is 1. The van der Waals surface area contributed by atoms with E-state index in [0.717, 1.165) is 101 Å². The molecule has 14 heteroatoms. The molecule has 3 aliphatic rings. The molecule has 1 aromatic carbocycles. The average molecular weight is 717 g/mol. The van der Waals surface area contributed by atoms with Crippen LogP contribution in [-0.2, 0) is 21.4 Å². The average Bonchev–Trinajstić information content (AvgIpc) is 3.02. The quantitative estimate of drug-likeness (QED) is 0.289. The SMILES string of the molecule is CC(=O)NCC1CCN(Cc2cc(Oc3ccc(N4CCN([C@H]5C[C@@H](NS(C)(=O)=O)C5)CC4)nc3)nc(-c3cc(Cl)cc(Cl)c3)c2)CC1. The summed E-state index contributed by atoms with van der Waals surface area (Å²) >= 11 is 12.7. The van der Waals surface area contributed by atoms with E-state index in [1.54, 1.807) is 19.2 Å². The van der Waals surface area contributed by atoms with E-state index < -0.39 is 10.0 Å². The first-order valence-corrected chi connectivity index (χ1v) is 19.1. The molecule has 1 aliphatic carbocycles. The Labute approximate surface area is 293 Å². The predicted molar refractivity (Wildman–Crippen MR) is 189 cm³/mol. The van der Waals surface area contributed by atoms with Crippen LogP contribution in [0.15, 0.2) is 48.7 Å². The summed E-state index contributed by atoms with van der Waals surface area (Å²) in [4.78, 5) is 28.0. The van der Waals surface area contributed by atoms with Gasteiger partial charge in [0.2, 0.25) is 21.8 Å². The zero-order valence-electron chi connectivity index (χ0n) is 27.4. The van der Waals surface area contributed by atoms with E-state index in [4.69, 9.17) is 37.9 Å². The number of halogens is 2. The van der Waals surface area contributed by atoms with E-state index in [1.165, 1.54) is 6.26 Å². The van der Waals surface area contributed by atoms with Crippen molar-refractivity contribution in [2.75, 3.05) is 57.0 Å². The van der Waals surface area contributed by atoms with Gasteiger partial charge < -0.3 is 15.0 Å². The van der Waals surface area contributed by atoms with Gasteiger partial charge in [0.1, 0.15) is 11.6 Å². The van der Waals surface area contributed by atoms with E-state index >= 15 is 0 Å². The van der Waals surface area contributed by atoms with Crippen LogP contribution in [0.3, 0.4) is 0 Å². The number of pyridine rings is 2. The minimum atomic E-state index is -3.16. The minimum Gasteiger partial charge on any atom is -0.437 e. The largest absolute Gasteiger partial charge is 0.437 e. The molecule has 6 rings (SSSR count). The number of ether oxygens (including phenoxy) is 1. The van der Waals surface area contributed by atoms with Crippen LogP contribution < -0.4 is 19.7 Å². The van der Waals surface area contributed by atoms with Crippen LogP contribution >= 0.6 is 23.2 Å². The van der Waals surface area contributed by atoms with Crippen molar-refractivity contribution in [2.24, 2.45) is 5.92 Å². The molecule has 0 radical (unpaired) electrons. The molecule has 0 bridgehead atoms. The number of nitrogens with zero attached hydrogens (tertiary/aromatic N) is 5. The van der Waals surface area contributed by atoms with Gasteiger partial charge in [-0.15, -0.1) is 0 Å². The van der Waals surface area contributed by atoms with Crippen molar-refractivity contribution in [2.45, 2.75) is 51.2 Å². The second-order valence-electron chi connectivity index (χ2n) is 13.2. The Balaban J connectivity index is 1.09.